The third-order valence-electron chi connectivity index (χ3n) is 5.11. The monoisotopic (exact) mass is 409 g/mol. The van der Waals surface area contributed by atoms with Crippen LogP contribution in [0.5, 0.6) is 0 Å². The van der Waals surface area contributed by atoms with Crippen molar-refractivity contribution in [3.05, 3.63) is 89.4 Å². The van der Waals surface area contributed by atoms with Crippen LogP contribution in [0.1, 0.15) is 34.9 Å². The maximum absolute atomic E-state index is 11.2. The number of hydrazone groups is 1. The van der Waals surface area contributed by atoms with Crippen molar-refractivity contribution in [2.24, 2.45) is 5.10 Å². The van der Waals surface area contributed by atoms with Crippen molar-refractivity contribution in [2.45, 2.75) is 25.9 Å². The van der Waals surface area contributed by atoms with E-state index in [9.17, 15) is 8.42 Å². The Balaban J connectivity index is 1.61. The predicted molar refractivity (Wildman–Crippen MR) is 114 cm³/mol. The highest BCUT2D eigenvalue weighted by Crippen LogP contribution is 2.34. The average molecular weight is 410 g/mol. The molecule has 4 rings (SSSR count). The van der Waals surface area contributed by atoms with Gasteiger partial charge in [-0.1, -0.05) is 42.0 Å². The van der Waals surface area contributed by atoms with Gasteiger partial charge in [0.05, 0.1) is 24.2 Å². The first-order valence-electron chi connectivity index (χ1n) is 9.43. The molecule has 1 atom stereocenters. The van der Waals surface area contributed by atoms with Crippen LogP contribution in [0, 0.1) is 6.92 Å². The molecule has 0 spiro atoms. The molecule has 0 N–H and O–H groups in total. The zero-order valence-corrected chi connectivity index (χ0v) is 17.3. The summed E-state index contributed by atoms with van der Waals surface area (Å²) in [5.41, 5.74) is 4.98. The van der Waals surface area contributed by atoms with Gasteiger partial charge in [-0.15, -0.1) is 0 Å². The fraction of sp³-hybridized carbons (Fsp3) is 0.227. The van der Waals surface area contributed by atoms with Crippen LogP contribution in [0.3, 0.4) is 0 Å². The number of thiol groups is 1. The molecular formula is C22H23N3O3S. The van der Waals surface area contributed by atoms with Crippen molar-refractivity contribution in [2.75, 3.05) is 11.4 Å². The summed E-state index contributed by atoms with van der Waals surface area (Å²) < 4.78 is 29.3. The third kappa shape index (κ3) is 4.19. The topological polar surface area (TPSA) is 66.1 Å². The number of benzene rings is 2. The first-order chi connectivity index (χ1) is 14.0. The smallest absolute Gasteiger partial charge is 0.224 e. The summed E-state index contributed by atoms with van der Waals surface area (Å²) in [7, 11) is -1.11. The zero-order valence-electron chi connectivity index (χ0n) is 16.4. The molecule has 0 amide bonds. The first kappa shape index (κ1) is 19.3. The summed E-state index contributed by atoms with van der Waals surface area (Å²) in [6.45, 7) is 2.77. The van der Waals surface area contributed by atoms with Gasteiger partial charge < -0.3 is 4.42 Å². The fourth-order valence-electron chi connectivity index (χ4n) is 3.56. The highest BCUT2D eigenvalue weighted by molar-refractivity contribution is 7.74. The van der Waals surface area contributed by atoms with E-state index in [0.717, 1.165) is 23.5 Å². The Morgan fingerprint density at radius 2 is 1.93 bits per heavy atom. The van der Waals surface area contributed by atoms with Crippen molar-refractivity contribution >= 4 is 22.3 Å². The molecule has 7 heteroatoms. The number of aryl methyl sites for hydroxylation is 1. The average Bonchev–Trinajstić information content (AvgIpc) is 3.37. The molecule has 3 aromatic rings. The maximum Gasteiger partial charge on any atom is 0.224 e. The lowest BCUT2D eigenvalue weighted by Crippen LogP contribution is -2.18. The van der Waals surface area contributed by atoms with Gasteiger partial charge in [0, 0.05) is 13.5 Å². The molecule has 0 aliphatic carbocycles. The highest BCUT2D eigenvalue weighted by atomic mass is 32.2. The summed E-state index contributed by atoms with van der Waals surface area (Å²) in [4.78, 5) is 0. The van der Waals surface area contributed by atoms with E-state index in [1.807, 2.05) is 24.3 Å². The lowest BCUT2D eigenvalue weighted by Gasteiger charge is -2.22. The van der Waals surface area contributed by atoms with E-state index >= 15 is 0 Å². The molecule has 1 unspecified atom stereocenters. The van der Waals surface area contributed by atoms with E-state index in [1.54, 1.807) is 18.4 Å². The third-order valence-corrected chi connectivity index (χ3v) is 5.83. The van der Waals surface area contributed by atoms with Crippen molar-refractivity contribution < 1.29 is 12.8 Å². The minimum Gasteiger partial charge on any atom is -0.467 e. The second kappa shape index (κ2) is 8.13. The van der Waals surface area contributed by atoms with Gasteiger partial charge >= 0.3 is 0 Å². The molecule has 0 saturated carbocycles. The molecule has 6 nitrogen and oxygen atoms in total. The maximum atomic E-state index is 11.2. The molecule has 1 aromatic heterocycles. The zero-order chi connectivity index (χ0) is 20.4. The van der Waals surface area contributed by atoms with Crippen LogP contribution >= 0.6 is 0 Å². The molecule has 1 aliphatic heterocycles. The highest BCUT2D eigenvalue weighted by Gasteiger charge is 2.30. The van der Waals surface area contributed by atoms with Crippen LogP contribution in [-0.2, 0) is 17.4 Å². The van der Waals surface area contributed by atoms with Crippen molar-refractivity contribution in [1.82, 2.24) is 5.01 Å². The van der Waals surface area contributed by atoms with E-state index in [-0.39, 0.29) is 6.04 Å². The molecule has 2 aromatic carbocycles. The lowest BCUT2D eigenvalue weighted by atomic mass is 10.0. The molecule has 0 fully saturated rings. The normalized spacial score (nSPS) is 16.3. The second-order valence-corrected chi connectivity index (χ2v) is 8.25. The van der Waals surface area contributed by atoms with Crippen molar-refractivity contribution in [3.8, 4) is 0 Å². The van der Waals surface area contributed by atoms with Crippen LogP contribution in [0.4, 0.5) is 5.69 Å². The summed E-state index contributed by atoms with van der Waals surface area (Å²) >= 11 is 0. The summed E-state index contributed by atoms with van der Waals surface area (Å²) in [5.74, 6) is 0.885. The van der Waals surface area contributed by atoms with Crippen LogP contribution in [-0.4, -0.2) is 26.2 Å². The quantitative estimate of drug-likeness (QED) is 0.627. The van der Waals surface area contributed by atoms with E-state index in [0.29, 0.717) is 12.2 Å². The Bertz CT molecular complexity index is 1080. The SMILES string of the molecule is Cc1cccc(CN2N=C(c3ccc(N(C)[SH](=O)=O)cc3)CC2c2ccco2)c1. The van der Waals surface area contributed by atoms with Crippen LogP contribution < -0.4 is 4.31 Å². The number of nitrogens with zero attached hydrogens (tertiary/aromatic N) is 3. The lowest BCUT2D eigenvalue weighted by molar-refractivity contribution is 0.199. The first-order valence-corrected chi connectivity index (χ1v) is 10.6. The van der Waals surface area contributed by atoms with Gasteiger partial charge in [-0.2, -0.15) is 5.10 Å². The van der Waals surface area contributed by atoms with Gasteiger partial charge in [0.1, 0.15) is 11.8 Å². The number of rotatable bonds is 6. The number of hydrogen-bond donors (Lipinski definition) is 1. The van der Waals surface area contributed by atoms with Crippen LogP contribution in [0.25, 0.3) is 0 Å². The van der Waals surface area contributed by atoms with E-state index in [2.05, 4.69) is 36.2 Å². The Hall–Kier alpha value is -3.06. The van der Waals surface area contributed by atoms with Crippen LogP contribution in [0.15, 0.2) is 76.4 Å². The van der Waals surface area contributed by atoms with E-state index < -0.39 is 10.9 Å². The molecule has 0 radical (unpaired) electrons. The van der Waals surface area contributed by atoms with Gasteiger partial charge in [-0.3, -0.25) is 9.31 Å². The van der Waals surface area contributed by atoms with Crippen molar-refractivity contribution in [3.63, 3.8) is 0 Å². The Kier molecular flexibility index (Phi) is 5.40. The predicted octanol–water partition coefficient (Wildman–Crippen LogP) is 3.90. The van der Waals surface area contributed by atoms with Gasteiger partial charge in [-0.25, -0.2) is 8.42 Å². The van der Waals surface area contributed by atoms with Gasteiger partial charge in [0.25, 0.3) is 0 Å². The number of anilines is 1. The standard InChI is InChI=1S/C22H23N3O3S/c1-16-5-3-6-17(13-16)15-25-21(22-7-4-12-28-22)14-20(23-25)18-8-10-19(11-9-18)24(2)29(26)27/h3-13,21,29H,14-15H2,1-2H3. The van der Waals surface area contributed by atoms with Gasteiger partial charge in [-0.05, 0) is 42.3 Å². The minimum atomic E-state index is -2.65. The largest absolute Gasteiger partial charge is 0.467 e. The minimum absolute atomic E-state index is 0.0268. The van der Waals surface area contributed by atoms with E-state index in [4.69, 9.17) is 9.52 Å². The second-order valence-electron chi connectivity index (χ2n) is 7.18. The Labute approximate surface area is 172 Å². The fourth-order valence-corrected chi connectivity index (χ4v) is 3.89. The van der Waals surface area contributed by atoms with Gasteiger partial charge in [0.15, 0.2) is 0 Å². The summed E-state index contributed by atoms with van der Waals surface area (Å²) in [6, 6.07) is 19.8. The summed E-state index contributed by atoms with van der Waals surface area (Å²) in [5, 5.41) is 6.95. The molecule has 0 saturated heterocycles. The van der Waals surface area contributed by atoms with Crippen molar-refractivity contribution in [1.29, 1.82) is 0 Å². The molecule has 150 valence electrons. The van der Waals surface area contributed by atoms with Crippen LogP contribution in [0.2, 0.25) is 0 Å². The number of hydrogen-bond acceptors (Lipinski definition) is 5. The molecule has 2 heterocycles. The Morgan fingerprint density at radius 1 is 1.14 bits per heavy atom. The molecule has 0 bridgehead atoms. The van der Waals surface area contributed by atoms with Gasteiger partial charge in [0.2, 0.25) is 10.9 Å². The molecule has 29 heavy (non-hydrogen) atoms. The summed E-state index contributed by atoms with van der Waals surface area (Å²) in [6.07, 6.45) is 2.41. The number of furan rings is 1. The Morgan fingerprint density at radius 3 is 2.59 bits per heavy atom. The molecular weight excluding hydrogens is 386 g/mol. The molecule has 1 aliphatic rings. The van der Waals surface area contributed by atoms with E-state index in [1.165, 1.54) is 22.5 Å².